The SMILES string of the molecule is CCCCCCCCCCCCc1cc(CN(C)CCO)c(O)c(CN(C)CCO)c1. The minimum atomic E-state index is 0.113. The van der Waals surface area contributed by atoms with Crippen molar-refractivity contribution in [3.05, 3.63) is 28.8 Å². The molecule has 0 atom stereocenters. The van der Waals surface area contributed by atoms with E-state index in [1.165, 1.54) is 69.8 Å². The van der Waals surface area contributed by atoms with Gasteiger partial charge in [0.1, 0.15) is 5.75 Å². The van der Waals surface area contributed by atoms with Gasteiger partial charge >= 0.3 is 0 Å². The van der Waals surface area contributed by atoms with E-state index in [1.807, 2.05) is 23.9 Å². The van der Waals surface area contributed by atoms with Gasteiger partial charge in [-0.05, 0) is 32.5 Å². The molecule has 5 nitrogen and oxygen atoms in total. The monoisotopic (exact) mass is 436 g/mol. The number of aliphatic hydroxyl groups is 2. The fourth-order valence-corrected chi connectivity index (χ4v) is 4.12. The summed E-state index contributed by atoms with van der Waals surface area (Å²) < 4.78 is 0. The molecule has 0 saturated heterocycles. The average Bonchev–Trinajstić information content (AvgIpc) is 2.73. The van der Waals surface area contributed by atoms with E-state index in [0.717, 1.165) is 17.5 Å². The number of rotatable bonds is 19. The molecule has 0 saturated carbocycles. The van der Waals surface area contributed by atoms with Crippen molar-refractivity contribution in [1.29, 1.82) is 0 Å². The number of phenolic OH excluding ortho intramolecular Hbond substituents is 1. The first-order chi connectivity index (χ1) is 15.0. The van der Waals surface area contributed by atoms with Gasteiger partial charge in [-0.3, -0.25) is 9.80 Å². The topological polar surface area (TPSA) is 67.2 Å². The molecule has 0 aliphatic rings. The van der Waals surface area contributed by atoms with Crippen molar-refractivity contribution in [2.24, 2.45) is 0 Å². The van der Waals surface area contributed by atoms with Gasteiger partial charge in [-0.2, -0.15) is 0 Å². The van der Waals surface area contributed by atoms with Crippen LogP contribution in [0.4, 0.5) is 0 Å². The quantitative estimate of drug-likeness (QED) is 0.274. The van der Waals surface area contributed by atoms with Crippen LogP contribution in [-0.2, 0) is 19.5 Å². The summed E-state index contributed by atoms with van der Waals surface area (Å²) in [4.78, 5) is 4.06. The molecule has 5 heteroatoms. The first-order valence-electron chi connectivity index (χ1n) is 12.4. The number of nitrogens with zero attached hydrogens (tertiary/aromatic N) is 2. The predicted molar refractivity (Wildman–Crippen MR) is 130 cm³/mol. The number of likely N-dealkylation sites (N-methyl/N-ethyl adjacent to an activating group) is 2. The van der Waals surface area contributed by atoms with Gasteiger partial charge in [-0.1, -0.05) is 76.8 Å². The second kappa shape index (κ2) is 17.4. The second-order valence-electron chi connectivity index (χ2n) is 9.12. The number of aliphatic hydroxyl groups excluding tert-OH is 2. The van der Waals surface area contributed by atoms with Gasteiger partial charge in [0.05, 0.1) is 13.2 Å². The van der Waals surface area contributed by atoms with Crippen LogP contribution in [0, 0.1) is 0 Å². The Balaban J connectivity index is 2.58. The van der Waals surface area contributed by atoms with E-state index in [1.54, 1.807) is 0 Å². The number of hydrogen-bond acceptors (Lipinski definition) is 5. The van der Waals surface area contributed by atoms with E-state index < -0.39 is 0 Å². The largest absolute Gasteiger partial charge is 0.507 e. The van der Waals surface area contributed by atoms with Gasteiger partial charge in [-0.15, -0.1) is 0 Å². The van der Waals surface area contributed by atoms with Crippen LogP contribution in [-0.4, -0.2) is 65.5 Å². The van der Waals surface area contributed by atoms with Crippen LogP contribution in [0.1, 0.15) is 87.8 Å². The standard InChI is InChI=1S/C26H48N2O3/c1-4-5-6-7-8-9-10-11-12-13-14-23-19-24(21-27(2)15-17-29)26(31)25(20-23)22-28(3)16-18-30/h19-20,29-31H,4-18,21-22H2,1-3H3. The number of benzene rings is 1. The van der Waals surface area contributed by atoms with Crippen LogP contribution in [0.15, 0.2) is 12.1 Å². The van der Waals surface area contributed by atoms with Crippen LogP contribution in [0.3, 0.4) is 0 Å². The summed E-state index contributed by atoms with van der Waals surface area (Å²) in [5, 5.41) is 29.2. The molecule has 0 radical (unpaired) electrons. The molecule has 180 valence electrons. The molecule has 0 aromatic heterocycles. The van der Waals surface area contributed by atoms with Gasteiger partial charge in [0.2, 0.25) is 0 Å². The van der Waals surface area contributed by atoms with Crippen molar-refractivity contribution < 1.29 is 15.3 Å². The van der Waals surface area contributed by atoms with E-state index in [2.05, 4.69) is 19.1 Å². The highest BCUT2D eigenvalue weighted by molar-refractivity contribution is 5.44. The maximum atomic E-state index is 10.8. The highest BCUT2D eigenvalue weighted by Gasteiger charge is 2.13. The number of unbranched alkanes of at least 4 members (excludes halogenated alkanes) is 9. The molecule has 0 bridgehead atoms. The molecule has 0 spiro atoms. The Bertz CT molecular complexity index is 545. The molecule has 0 aliphatic carbocycles. The van der Waals surface area contributed by atoms with Gasteiger partial charge in [0, 0.05) is 37.3 Å². The summed E-state index contributed by atoms with van der Waals surface area (Å²) in [6.07, 6.45) is 14.3. The second-order valence-corrected chi connectivity index (χ2v) is 9.12. The van der Waals surface area contributed by atoms with E-state index >= 15 is 0 Å². The molecule has 0 amide bonds. The summed E-state index contributed by atoms with van der Waals surface area (Å²) in [7, 11) is 3.92. The summed E-state index contributed by atoms with van der Waals surface area (Å²) >= 11 is 0. The minimum Gasteiger partial charge on any atom is -0.507 e. The highest BCUT2D eigenvalue weighted by Crippen LogP contribution is 2.28. The van der Waals surface area contributed by atoms with E-state index in [-0.39, 0.29) is 13.2 Å². The van der Waals surface area contributed by atoms with Crippen molar-refractivity contribution in [2.45, 2.75) is 90.6 Å². The Kier molecular flexibility index (Phi) is 15.7. The maximum absolute atomic E-state index is 10.8. The number of hydrogen-bond donors (Lipinski definition) is 3. The highest BCUT2D eigenvalue weighted by atomic mass is 16.3. The van der Waals surface area contributed by atoms with Crippen molar-refractivity contribution in [1.82, 2.24) is 9.80 Å². The molecule has 1 rings (SSSR count). The maximum Gasteiger partial charge on any atom is 0.124 e. The van der Waals surface area contributed by atoms with Crippen molar-refractivity contribution in [3.63, 3.8) is 0 Å². The van der Waals surface area contributed by atoms with Crippen LogP contribution in [0.2, 0.25) is 0 Å². The summed E-state index contributed by atoms with van der Waals surface area (Å²) in [6.45, 7) is 4.90. The van der Waals surface area contributed by atoms with Gasteiger partial charge in [-0.25, -0.2) is 0 Å². The Hall–Kier alpha value is -1.14. The Labute approximate surface area is 191 Å². The fourth-order valence-electron chi connectivity index (χ4n) is 4.12. The molecular formula is C26H48N2O3. The van der Waals surface area contributed by atoms with Crippen molar-refractivity contribution in [2.75, 3.05) is 40.4 Å². The number of aryl methyl sites for hydroxylation is 1. The zero-order valence-corrected chi connectivity index (χ0v) is 20.4. The molecule has 3 N–H and O–H groups in total. The molecule has 1 aromatic carbocycles. The molecule has 1 aromatic rings. The van der Waals surface area contributed by atoms with Crippen LogP contribution >= 0.6 is 0 Å². The van der Waals surface area contributed by atoms with E-state index in [0.29, 0.717) is 31.9 Å². The minimum absolute atomic E-state index is 0.113. The summed E-state index contributed by atoms with van der Waals surface area (Å²) in [6, 6.07) is 4.26. The zero-order valence-electron chi connectivity index (χ0n) is 20.4. The third-order valence-corrected chi connectivity index (χ3v) is 5.99. The molecule has 0 unspecified atom stereocenters. The van der Waals surface area contributed by atoms with E-state index in [9.17, 15) is 15.3 Å². The molecule has 0 heterocycles. The van der Waals surface area contributed by atoms with Gasteiger partial charge in [0.25, 0.3) is 0 Å². The van der Waals surface area contributed by atoms with Crippen molar-refractivity contribution >= 4 is 0 Å². The summed E-state index contributed by atoms with van der Waals surface area (Å²) in [5.41, 5.74) is 3.12. The Morgan fingerprint density at radius 1 is 0.677 bits per heavy atom. The number of aromatic hydroxyl groups is 1. The lowest BCUT2D eigenvalue weighted by Crippen LogP contribution is -2.23. The third kappa shape index (κ3) is 12.5. The predicted octanol–water partition coefficient (Wildman–Crippen LogP) is 4.70. The first-order valence-corrected chi connectivity index (χ1v) is 12.4. The third-order valence-electron chi connectivity index (χ3n) is 5.99. The zero-order chi connectivity index (χ0) is 22.9. The lowest BCUT2D eigenvalue weighted by molar-refractivity contribution is 0.213. The molecular weight excluding hydrogens is 388 g/mol. The number of phenols is 1. The average molecular weight is 437 g/mol. The Morgan fingerprint density at radius 2 is 1.10 bits per heavy atom. The van der Waals surface area contributed by atoms with E-state index in [4.69, 9.17) is 0 Å². The van der Waals surface area contributed by atoms with Gasteiger partial charge < -0.3 is 15.3 Å². The van der Waals surface area contributed by atoms with Crippen LogP contribution in [0.5, 0.6) is 5.75 Å². The lowest BCUT2D eigenvalue weighted by atomic mass is 9.98. The fraction of sp³-hybridized carbons (Fsp3) is 0.769. The van der Waals surface area contributed by atoms with Crippen LogP contribution < -0.4 is 0 Å². The normalized spacial score (nSPS) is 11.7. The Morgan fingerprint density at radius 3 is 1.52 bits per heavy atom. The van der Waals surface area contributed by atoms with Crippen LogP contribution in [0.25, 0.3) is 0 Å². The van der Waals surface area contributed by atoms with Gasteiger partial charge in [0.15, 0.2) is 0 Å². The molecule has 0 aliphatic heterocycles. The first kappa shape index (κ1) is 27.9. The summed E-state index contributed by atoms with van der Waals surface area (Å²) in [5.74, 6) is 0.349. The van der Waals surface area contributed by atoms with Crippen molar-refractivity contribution in [3.8, 4) is 5.75 Å². The molecule has 31 heavy (non-hydrogen) atoms. The lowest BCUT2D eigenvalue weighted by Gasteiger charge is -2.21. The molecule has 0 fully saturated rings. The smallest absolute Gasteiger partial charge is 0.124 e.